The van der Waals surface area contributed by atoms with Gasteiger partial charge < -0.3 is 4.90 Å². The van der Waals surface area contributed by atoms with E-state index in [1.165, 1.54) is 17.4 Å². The standard InChI is InChI=1S/C18H18FN3OS/c1-12(15-4-2-3-5-16(15)19)22(13-6-7-13)17(23)10-14-11-24-18-20-8-9-21(14)18/h2-5,8-9,11-13H,6-7,10H2,1H3/t12-/m0/s1. The molecule has 1 fully saturated rings. The Morgan fingerprint density at radius 1 is 1.46 bits per heavy atom. The minimum Gasteiger partial charge on any atom is -0.333 e. The van der Waals surface area contributed by atoms with E-state index in [4.69, 9.17) is 0 Å². The summed E-state index contributed by atoms with van der Waals surface area (Å²) in [6.45, 7) is 1.91. The van der Waals surface area contributed by atoms with Crippen molar-refractivity contribution >= 4 is 22.2 Å². The molecule has 1 saturated carbocycles. The third-order valence-corrected chi connectivity index (χ3v) is 5.45. The molecule has 24 heavy (non-hydrogen) atoms. The smallest absolute Gasteiger partial charge is 0.229 e. The number of thiazole rings is 1. The lowest BCUT2D eigenvalue weighted by molar-refractivity contribution is -0.133. The van der Waals surface area contributed by atoms with E-state index in [1.807, 2.05) is 33.9 Å². The van der Waals surface area contributed by atoms with Crippen LogP contribution < -0.4 is 0 Å². The van der Waals surface area contributed by atoms with Gasteiger partial charge in [0, 0.05) is 35.1 Å². The largest absolute Gasteiger partial charge is 0.333 e. The molecule has 0 radical (unpaired) electrons. The fraction of sp³-hybridized carbons (Fsp3) is 0.333. The van der Waals surface area contributed by atoms with Crippen LogP contribution in [0.1, 0.15) is 37.1 Å². The highest BCUT2D eigenvalue weighted by molar-refractivity contribution is 7.15. The van der Waals surface area contributed by atoms with Gasteiger partial charge >= 0.3 is 0 Å². The van der Waals surface area contributed by atoms with Crippen LogP contribution in [0, 0.1) is 5.82 Å². The number of fused-ring (bicyclic) bond motifs is 1. The van der Waals surface area contributed by atoms with Crippen molar-refractivity contribution < 1.29 is 9.18 Å². The number of carbonyl (C=O) groups is 1. The highest BCUT2D eigenvalue weighted by Gasteiger charge is 2.37. The molecule has 0 saturated heterocycles. The summed E-state index contributed by atoms with van der Waals surface area (Å²) >= 11 is 1.53. The molecule has 2 heterocycles. The molecule has 0 bridgehead atoms. The van der Waals surface area contributed by atoms with Crippen LogP contribution in [-0.4, -0.2) is 26.2 Å². The van der Waals surface area contributed by atoms with Crippen molar-refractivity contribution in [3.8, 4) is 0 Å². The van der Waals surface area contributed by atoms with E-state index in [2.05, 4.69) is 4.98 Å². The summed E-state index contributed by atoms with van der Waals surface area (Å²) in [5.41, 5.74) is 1.51. The van der Waals surface area contributed by atoms with Crippen molar-refractivity contribution in [2.75, 3.05) is 0 Å². The molecule has 0 unspecified atom stereocenters. The minimum absolute atomic E-state index is 0.0432. The van der Waals surface area contributed by atoms with Crippen LogP contribution in [0.3, 0.4) is 0 Å². The second-order valence-corrected chi connectivity index (χ2v) is 7.05. The van der Waals surface area contributed by atoms with Crippen molar-refractivity contribution in [1.82, 2.24) is 14.3 Å². The first-order valence-corrected chi connectivity index (χ1v) is 8.98. The van der Waals surface area contributed by atoms with Gasteiger partial charge in [0.1, 0.15) is 5.82 Å². The molecule has 3 aromatic rings. The molecule has 4 nitrogen and oxygen atoms in total. The normalized spacial score (nSPS) is 15.6. The summed E-state index contributed by atoms with van der Waals surface area (Å²) in [5, 5.41) is 1.97. The van der Waals surface area contributed by atoms with Gasteiger partial charge in [-0.2, -0.15) is 0 Å². The predicted molar refractivity (Wildman–Crippen MR) is 91.5 cm³/mol. The Balaban J connectivity index is 1.60. The number of hydrogen-bond acceptors (Lipinski definition) is 3. The van der Waals surface area contributed by atoms with Gasteiger partial charge in [-0.3, -0.25) is 9.20 Å². The van der Waals surface area contributed by atoms with Gasteiger partial charge in [0.2, 0.25) is 5.91 Å². The van der Waals surface area contributed by atoms with E-state index in [0.29, 0.717) is 12.0 Å². The number of imidazole rings is 1. The van der Waals surface area contributed by atoms with Crippen molar-refractivity contribution in [3.63, 3.8) is 0 Å². The highest BCUT2D eigenvalue weighted by atomic mass is 32.1. The fourth-order valence-electron chi connectivity index (χ4n) is 3.20. The predicted octanol–water partition coefficient (Wildman–Crippen LogP) is 3.83. The molecular weight excluding hydrogens is 325 g/mol. The maximum atomic E-state index is 14.1. The molecule has 0 N–H and O–H groups in total. The molecule has 1 atom stereocenters. The Morgan fingerprint density at radius 3 is 3.00 bits per heavy atom. The van der Waals surface area contributed by atoms with E-state index in [1.54, 1.807) is 18.3 Å². The number of rotatable bonds is 5. The average molecular weight is 343 g/mol. The Kier molecular flexibility index (Phi) is 3.84. The lowest BCUT2D eigenvalue weighted by Crippen LogP contribution is -2.37. The zero-order valence-corrected chi connectivity index (χ0v) is 14.2. The van der Waals surface area contributed by atoms with Crippen molar-refractivity contribution in [1.29, 1.82) is 0 Å². The van der Waals surface area contributed by atoms with Crippen LogP contribution in [0.5, 0.6) is 0 Å². The SMILES string of the molecule is C[C@@H](c1ccccc1F)N(C(=O)Cc1csc2nccn12)C1CC1. The Bertz CT molecular complexity index is 883. The van der Waals surface area contributed by atoms with E-state index in [9.17, 15) is 9.18 Å². The first-order chi connectivity index (χ1) is 11.6. The van der Waals surface area contributed by atoms with Crippen LogP contribution >= 0.6 is 11.3 Å². The summed E-state index contributed by atoms with van der Waals surface area (Å²) in [6.07, 6.45) is 5.91. The van der Waals surface area contributed by atoms with Crippen LogP contribution in [0.2, 0.25) is 0 Å². The summed E-state index contributed by atoms with van der Waals surface area (Å²) in [5.74, 6) is -0.211. The van der Waals surface area contributed by atoms with Gasteiger partial charge in [-0.05, 0) is 25.8 Å². The number of hydrogen-bond donors (Lipinski definition) is 0. The summed E-state index contributed by atoms with van der Waals surface area (Å²) in [4.78, 5) is 19.9. The van der Waals surface area contributed by atoms with Gasteiger partial charge in [0.05, 0.1) is 12.5 Å². The molecule has 1 aromatic carbocycles. The van der Waals surface area contributed by atoms with Gasteiger partial charge in [-0.1, -0.05) is 18.2 Å². The summed E-state index contributed by atoms with van der Waals surface area (Å²) in [6, 6.07) is 6.68. The van der Waals surface area contributed by atoms with E-state index < -0.39 is 0 Å². The maximum absolute atomic E-state index is 14.1. The Morgan fingerprint density at radius 2 is 2.25 bits per heavy atom. The molecule has 0 spiro atoms. The van der Waals surface area contributed by atoms with Crippen LogP contribution in [-0.2, 0) is 11.2 Å². The molecule has 1 aliphatic carbocycles. The summed E-state index contributed by atoms with van der Waals surface area (Å²) in [7, 11) is 0. The molecule has 6 heteroatoms. The first kappa shape index (κ1) is 15.3. The van der Waals surface area contributed by atoms with E-state index >= 15 is 0 Å². The number of nitrogens with zero attached hydrogens (tertiary/aromatic N) is 3. The molecule has 0 aliphatic heterocycles. The minimum atomic E-state index is -0.261. The Hall–Kier alpha value is -2.21. The Labute approximate surface area is 143 Å². The van der Waals surface area contributed by atoms with Crippen LogP contribution in [0.25, 0.3) is 4.96 Å². The van der Waals surface area contributed by atoms with Gasteiger partial charge in [-0.25, -0.2) is 9.37 Å². The topological polar surface area (TPSA) is 37.6 Å². The molecule has 1 amide bonds. The molecule has 1 aliphatic rings. The molecule has 4 rings (SSSR count). The second-order valence-electron chi connectivity index (χ2n) is 6.21. The average Bonchev–Trinajstić information content (AvgIpc) is 3.15. The number of halogens is 1. The first-order valence-electron chi connectivity index (χ1n) is 8.10. The lowest BCUT2D eigenvalue weighted by atomic mass is 10.1. The lowest BCUT2D eigenvalue weighted by Gasteiger charge is -2.30. The van der Waals surface area contributed by atoms with Gasteiger partial charge in [-0.15, -0.1) is 11.3 Å². The summed E-state index contributed by atoms with van der Waals surface area (Å²) < 4.78 is 16.1. The van der Waals surface area contributed by atoms with Gasteiger partial charge in [0.15, 0.2) is 4.96 Å². The van der Waals surface area contributed by atoms with Crippen molar-refractivity contribution in [3.05, 3.63) is 59.1 Å². The van der Waals surface area contributed by atoms with E-state index in [-0.39, 0.29) is 23.8 Å². The number of benzene rings is 1. The second kappa shape index (κ2) is 6.02. The van der Waals surface area contributed by atoms with Crippen LogP contribution in [0.4, 0.5) is 4.39 Å². The third-order valence-electron chi connectivity index (χ3n) is 4.55. The zero-order valence-electron chi connectivity index (χ0n) is 13.4. The highest BCUT2D eigenvalue weighted by Crippen LogP contribution is 2.35. The molecule has 124 valence electrons. The quantitative estimate of drug-likeness (QED) is 0.706. The number of carbonyl (C=O) groups excluding carboxylic acids is 1. The van der Waals surface area contributed by atoms with Crippen LogP contribution in [0.15, 0.2) is 42.0 Å². The fourth-order valence-corrected chi connectivity index (χ4v) is 4.05. The zero-order chi connectivity index (χ0) is 16.7. The van der Waals surface area contributed by atoms with Gasteiger partial charge in [0.25, 0.3) is 0 Å². The number of aromatic nitrogens is 2. The van der Waals surface area contributed by atoms with Crippen molar-refractivity contribution in [2.45, 2.75) is 38.3 Å². The molecule has 2 aromatic heterocycles. The van der Waals surface area contributed by atoms with Crippen molar-refractivity contribution in [2.24, 2.45) is 0 Å². The van der Waals surface area contributed by atoms with E-state index in [0.717, 1.165) is 23.5 Å². The third kappa shape index (κ3) is 2.71. The monoisotopic (exact) mass is 343 g/mol. The number of amides is 1. The molecular formula is C18H18FN3OS. The maximum Gasteiger partial charge on any atom is 0.229 e.